The van der Waals surface area contributed by atoms with Crippen LogP contribution in [0.25, 0.3) is 0 Å². The van der Waals surface area contributed by atoms with Gasteiger partial charge in [-0.05, 0) is 25.0 Å². The van der Waals surface area contributed by atoms with E-state index in [9.17, 15) is 10.2 Å². The second kappa shape index (κ2) is 5.96. The molecule has 16 heavy (non-hydrogen) atoms. The highest BCUT2D eigenvalue weighted by atomic mass is 32.1. The molecule has 0 radical (unpaired) electrons. The lowest BCUT2D eigenvalue weighted by molar-refractivity contribution is 0.191. The van der Waals surface area contributed by atoms with Crippen LogP contribution in [-0.2, 0) is 0 Å². The topological polar surface area (TPSA) is 40.5 Å². The van der Waals surface area contributed by atoms with Gasteiger partial charge in [0.05, 0.1) is 22.7 Å². The number of benzene rings is 1. The zero-order chi connectivity index (χ0) is 12.3. The van der Waals surface area contributed by atoms with Gasteiger partial charge in [0.15, 0.2) is 0 Å². The summed E-state index contributed by atoms with van der Waals surface area (Å²) < 4.78 is 0. The largest absolute Gasteiger partial charge is 0.392 e. The molecule has 0 fully saturated rings. The van der Waals surface area contributed by atoms with Crippen molar-refractivity contribution in [3.63, 3.8) is 0 Å². The first kappa shape index (κ1) is 13.9. The van der Waals surface area contributed by atoms with E-state index in [1.54, 1.807) is 13.8 Å². The summed E-state index contributed by atoms with van der Waals surface area (Å²) in [6, 6.07) is 7.63. The van der Waals surface area contributed by atoms with E-state index >= 15 is 0 Å². The van der Waals surface area contributed by atoms with E-state index in [1.165, 1.54) is 0 Å². The van der Waals surface area contributed by atoms with Gasteiger partial charge in [0, 0.05) is 0 Å². The maximum atomic E-state index is 9.41. The highest BCUT2D eigenvalue weighted by molar-refractivity contribution is 7.80. The molecule has 0 amide bonds. The van der Waals surface area contributed by atoms with E-state index in [-0.39, 0.29) is 10.5 Å². The fraction of sp³-hybridized carbons (Fsp3) is 0.500. The molecule has 2 N–H and O–H groups in total. The molecule has 0 heterocycles. The standard InChI is InChI=1S/C12H18O2S2/c1-7(13)11(15)9-3-5-10(6-4-9)12(16)8(2)14/h3-8,11-16H,1-2H3. The summed E-state index contributed by atoms with van der Waals surface area (Å²) in [5, 5.41) is 18.5. The van der Waals surface area contributed by atoms with Crippen LogP contribution in [0.15, 0.2) is 24.3 Å². The molecule has 0 bridgehead atoms. The van der Waals surface area contributed by atoms with Crippen LogP contribution in [0, 0.1) is 0 Å². The molecule has 2 nitrogen and oxygen atoms in total. The van der Waals surface area contributed by atoms with Gasteiger partial charge in [-0.15, -0.1) is 0 Å². The molecule has 90 valence electrons. The smallest absolute Gasteiger partial charge is 0.0669 e. The molecule has 4 atom stereocenters. The highest BCUT2D eigenvalue weighted by Gasteiger charge is 2.15. The summed E-state index contributed by atoms with van der Waals surface area (Å²) >= 11 is 8.65. The van der Waals surface area contributed by atoms with E-state index in [0.29, 0.717) is 0 Å². The summed E-state index contributed by atoms with van der Waals surface area (Å²) in [7, 11) is 0. The van der Waals surface area contributed by atoms with E-state index in [1.807, 2.05) is 24.3 Å². The third-order valence-electron chi connectivity index (χ3n) is 2.53. The fourth-order valence-corrected chi connectivity index (χ4v) is 1.79. The van der Waals surface area contributed by atoms with Gasteiger partial charge in [-0.1, -0.05) is 24.3 Å². The summed E-state index contributed by atoms with van der Waals surface area (Å²) in [5.41, 5.74) is 1.93. The van der Waals surface area contributed by atoms with Crippen molar-refractivity contribution < 1.29 is 10.2 Å². The summed E-state index contributed by atoms with van der Waals surface area (Å²) in [5.74, 6) is 0. The van der Waals surface area contributed by atoms with Crippen molar-refractivity contribution in [2.45, 2.75) is 36.6 Å². The molecular formula is C12H18O2S2. The normalized spacial score (nSPS) is 18.9. The van der Waals surface area contributed by atoms with Crippen LogP contribution in [-0.4, -0.2) is 22.4 Å². The quantitative estimate of drug-likeness (QED) is 0.626. The van der Waals surface area contributed by atoms with Crippen LogP contribution in [0.3, 0.4) is 0 Å². The minimum absolute atomic E-state index is 0.182. The van der Waals surface area contributed by atoms with Crippen LogP contribution < -0.4 is 0 Å². The van der Waals surface area contributed by atoms with Gasteiger partial charge in [-0.2, -0.15) is 25.3 Å². The Labute approximate surface area is 108 Å². The lowest BCUT2D eigenvalue weighted by Gasteiger charge is -2.17. The van der Waals surface area contributed by atoms with Gasteiger partial charge in [0.2, 0.25) is 0 Å². The minimum atomic E-state index is -0.488. The zero-order valence-electron chi connectivity index (χ0n) is 9.41. The summed E-state index contributed by atoms with van der Waals surface area (Å²) in [6.45, 7) is 3.42. The molecule has 1 rings (SSSR count). The Morgan fingerprint density at radius 2 is 1.06 bits per heavy atom. The SMILES string of the molecule is CC(O)C(S)c1ccc(C(S)C(C)O)cc1. The average molecular weight is 258 g/mol. The molecule has 0 aliphatic rings. The number of hydrogen-bond donors (Lipinski definition) is 4. The van der Waals surface area contributed by atoms with Crippen molar-refractivity contribution in [3.8, 4) is 0 Å². The lowest BCUT2D eigenvalue weighted by Crippen LogP contribution is -2.10. The van der Waals surface area contributed by atoms with Crippen molar-refractivity contribution in [1.29, 1.82) is 0 Å². The second-order valence-corrected chi connectivity index (χ2v) is 5.15. The Kier molecular flexibility index (Phi) is 5.18. The van der Waals surface area contributed by atoms with Crippen molar-refractivity contribution in [3.05, 3.63) is 35.4 Å². The predicted molar refractivity (Wildman–Crippen MR) is 73.3 cm³/mol. The summed E-state index contributed by atoms with van der Waals surface area (Å²) in [6.07, 6.45) is -0.976. The molecule has 1 aromatic rings. The van der Waals surface area contributed by atoms with Crippen molar-refractivity contribution >= 4 is 25.3 Å². The maximum absolute atomic E-state index is 9.41. The average Bonchev–Trinajstić information content (AvgIpc) is 2.27. The molecule has 0 spiro atoms. The predicted octanol–water partition coefficient (Wildman–Crippen LogP) is 2.39. The first-order chi connectivity index (χ1) is 7.43. The summed E-state index contributed by atoms with van der Waals surface area (Å²) in [4.78, 5) is 0. The van der Waals surface area contributed by atoms with Gasteiger partial charge in [0.1, 0.15) is 0 Å². The van der Waals surface area contributed by atoms with Gasteiger partial charge in [0.25, 0.3) is 0 Å². The van der Waals surface area contributed by atoms with Crippen LogP contribution >= 0.6 is 25.3 Å². The number of aliphatic hydroxyl groups is 2. The van der Waals surface area contributed by atoms with Crippen molar-refractivity contribution in [1.82, 2.24) is 0 Å². The van der Waals surface area contributed by atoms with Crippen LogP contribution in [0.1, 0.15) is 35.5 Å². The first-order valence-electron chi connectivity index (χ1n) is 5.25. The van der Waals surface area contributed by atoms with E-state index < -0.39 is 12.2 Å². The van der Waals surface area contributed by atoms with Crippen LogP contribution in [0.4, 0.5) is 0 Å². The molecule has 0 aliphatic carbocycles. The Morgan fingerprint density at radius 1 is 0.812 bits per heavy atom. The fourth-order valence-electron chi connectivity index (χ4n) is 1.45. The minimum Gasteiger partial charge on any atom is -0.392 e. The van der Waals surface area contributed by atoms with E-state index in [4.69, 9.17) is 0 Å². The zero-order valence-corrected chi connectivity index (χ0v) is 11.2. The third-order valence-corrected chi connectivity index (χ3v) is 3.99. The van der Waals surface area contributed by atoms with Gasteiger partial charge in [-0.25, -0.2) is 0 Å². The molecular weight excluding hydrogens is 240 g/mol. The monoisotopic (exact) mass is 258 g/mol. The Balaban J connectivity index is 2.83. The Bertz CT molecular complexity index is 289. The molecule has 0 aromatic heterocycles. The molecule has 4 unspecified atom stereocenters. The molecule has 1 aromatic carbocycles. The van der Waals surface area contributed by atoms with Gasteiger partial charge < -0.3 is 10.2 Å². The molecule has 0 saturated carbocycles. The molecule has 0 saturated heterocycles. The van der Waals surface area contributed by atoms with Crippen molar-refractivity contribution in [2.24, 2.45) is 0 Å². The highest BCUT2D eigenvalue weighted by Crippen LogP contribution is 2.28. The molecule has 4 heteroatoms. The first-order valence-corrected chi connectivity index (χ1v) is 6.29. The van der Waals surface area contributed by atoms with E-state index in [0.717, 1.165) is 11.1 Å². The van der Waals surface area contributed by atoms with Crippen molar-refractivity contribution in [2.75, 3.05) is 0 Å². The van der Waals surface area contributed by atoms with Gasteiger partial charge >= 0.3 is 0 Å². The maximum Gasteiger partial charge on any atom is 0.0669 e. The number of hydrogen-bond acceptors (Lipinski definition) is 4. The Morgan fingerprint density at radius 3 is 1.25 bits per heavy atom. The van der Waals surface area contributed by atoms with Gasteiger partial charge in [-0.3, -0.25) is 0 Å². The van der Waals surface area contributed by atoms with Crippen LogP contribution in [0.2, 0.25) is 0 Å². The molecule has 0 aliphatic heterocycles. The third kappa shape index (κ3) is 3.42. The van der Waals surface area contributed by atoms with Crippen LogP contribution in [0.5, 0.6) is 0 Å². The number of aliphatic hydroxyl groups excluding tert-OH is 2. The Hall–Kier alpha value is -0.160. The van der Waals surface area contributed by atoms with E-state index in [2.05, 4.69) is 25.3 Å². The number of thiol groups is 2. The second-order valence-electron chi connectivity index (χ2n) is 4.04. The lowest BCUT2D eigenvalue weighted by atomic mass is 10.0. The number of rotatable bonds is 4.